The van der Waals surface area contributed by atoms with Crippen molar-refractivity contribution in [3.8, 4) is 0 Å². The summed E-state index contributed by atoms with van der Waals surface area (Å²) >= 11 is 0. The van der Waals surface area contributed by atoms with Crippen LogP contribution in [-0.4, -0.2) is 68.2 Å². The number of hydrogen-bond donors (Lipinski definition) is 2. The molecule has 1 saturated carbocycles. The Morgan fingerprint density at radius 1 is 1.16 bits per heavy atom. The highest BCUT2D eigenvalue weighted by Gasteiger charge is 2.30. The molecule has 1 saturated heterocycles. The molecule has 1 aliphatic carbocycles. The topological polar surface area (TPSA) is 47.6 Å². The largest absolute Gasteiger partial charge is 0.338 e. The van der Waals surface area contributed by atoms with Gasteiger partial charge in [0.2, 0.25) is 0 Å². The molecule has 0 radical (unpaired) electrons. The number of piperazine rings is 1. The van der Waals surface area contributed by atoms with Crippen LogP contribution in [0.25, 0.3) is 0 Å². The van der Waals surface area contributed by atoms with Crippen LogP contribution in [0.5, 0.6) is 0 Å². The van der Waals surface area contributed by atoms with Crippen molar-refractivity contribution in [3.63, 3.8) is 0 Å². The molecular weight excluding hydrogens is 312 g/mol. The van der Waals surface area contributed by atoms with Crippen LogP contribution in [0.1, 0.15) is 31.2 Å². The molecule has 0 aromatic heterocycles. The number of benzene rings is 1. The van der Waals surface area contributed by atoms with Crippen LogP contribution in [-0.2, 0) is 0 Å². The number of carbonyl (C=O) groups is 1. The molecule has 138 valence electrons. The number of rotatable bonds is 6. The van der Waals surface area contributed by atoms with Crippen molar-refractivity contribution in [1.29, 1.82) is 0 Å². The van der Waals surface area contributed by atoms with Gasteiger partial charge < -0.3 is 15.5 Å². The van der Waals surface area contributed by atoms with Gasteiger partial charge in [0.25, 0.3) is 0 Å². The molecule has 1 heterocycles. The fourth-order valence-corrected chi connectivity index (χ4v) is 3.87. The number of amides is 2. The molecule has 5 nitrogen and oxygen atoms in total. The summed E-state index contributed by atoms with van der Waals surface area (Å²) in [7, 11) is 2.16. The highest BCUT2D eigenvalue weighted by molar-refractivity contribution is 5.74. The average molecular weight is 345 g/mol. The summed E-state index contributed by atoms with van der Waals surface area (Å²) in [5, 5.41) is 6.13. The summed E-state index contributed by atoms with van der Waals surface area (Å²) in [4.78, 5) is 16.9. The summed E-state index contributed by atoms with van der Waals surface area (Å²) in [6.45, 7) is 8.22. The third kappa shape index (κ3) is 5.44. The SMILES string of the molecule is CC(CN1CCN(C)CC1)NC(=O)NCC1CC(c2ccccc2)C1. The molecule has 1 aliphatic heterocycles. The first-order valence-corrected chi connectivity index (χ1v) is 9.60. The lowest BCUT2D eigenvalue weighted by Gasteiger charge is -2.36. The molecule has 2 amide bonds. The molecule has 2 fully saturated rings. The molecule has 1 unspecified atom stereocenters. The Hall–Kier alpha value is -1.59. The van der Waals surface area contributed by atoms with E-state index < -0.39 is 0 Å². The molecule has 2 aliphatic rings. The summed E-state index contributed by atoms with van der Waals surface area (Å²) in [5.41, 5.74) is 1.43. The van der Waals surface area contributed by atoms with E-state index >= 15 is 0 Å². The first-order valence-electron chi connectivity index (χ1n) is 9.60. The molecule has 0 spiro atoms. The van der Waals surface area contributed by atoms with E-state index in [0.29, 0.717) is 11.8 Å². The van der Waals surface area contributed by atoms with E-state index in [9.17, 15) is 4.79 Å². The van der Waals surface area contributed by atoms with Gasteiger partial charge in [-0.05, 0) is 44.2 Å². The van der Waals surface area contributed by atoms with Crippen molar-refractivity contribution >= 4 is 6.03 Å². The molecule has 1 aromatic carbocycles. The predicted octanol–water partition coefficient (Wildman–Crippen LogP) is 2.12. The Morgan fingerprint density at radius 2 is 1.84 bits per heavy atom. The summed E-state index contributed by atoms with van der Waals surface area (Å²) < 4.78 is 0. The smallest absolute Gasteiger partial charge is 0.315 e. The number of carbonyl (C=O) groups excluding carboxylic acids is 1. The maximum atomic E-state index is 12.1. The van der Waals surface area contributed by atoms with Gasteiger partial charge in [-0.25, -0.2) is 4.79 Å². The summed E-state index contributed by atoms with van der Waals surface area (Å²) in [5.74, 6) is 1.29. The molecule has 3 rings (SSSR count). The van der Waals surface area contributed by atoms with E-state index in [-0.39, 0.29) is 12.1 Å². The second-order valence-electron chi connectivity index (χ2n) is 7.80. The van der Waals surface area contributed by atoms with Crippen molar-refractivity contribution in [2.24, 2.45) is 5.92 Å². The lowest BCUT2D eigenvalue weighted by atomic mass is 9.71. The van der Waals surface area contributed by atoms with Crippen LogP contribution in [0.2, 0.25) is 0 Å². The van der Waals surface area contributed by atoms with Crippen molar-refractivity contribution in [2.75, 3.05) is 46.3 Å². The first-order chi connectivity index (χ1) is 12.1. The Labute approximate surface area is 151 Å². The monoisotopic (exact) mass is 344 g/mol. The maximum Gasteiger partial charge on any atom is 0.315 e. The summed E-state index contributed by atoms with van der Waals surface area (Å²) in [6.07, 6.45) is 2.36. The fraction of sp³-hybridized carbons (Fsp3) is 0.650. The van der Waals surface area contributed by atoms with Crippen LogP contribution < -0.4 is 10.6 Å². The van der Waals surface area contributed by atoms with Gasteiger partial charge >= 0.3 is 6.03 Å². The fourth-order valence-electron chi connectivity index (χ4n) is 3.87. The van der Waals surface area contributed by atoms with Crippen LogP contribution in [0.15, 0.2) is 30.3 Å². The predicted molar refractivity (Wildman–Crippen MR) is 102 cm³/mol. The number of hydrogen-bond acceptors (Lipinski definition) is 3. The second kappa shape index (κ2) is 8.68. The maximum absolute atomic E-state index is 12.1. The quantitative estimate of drug-likeness (QED) is 0.831. The Morgan fingerprint density at radius 3 is 2.52 bits per heavy atom. The Balaban J connectivity index is 1.28. The molecule has 5 heteroatoms. The number of urea groups is 1. The molecule has 1 aromatic rings. The van der Waals surface area contributed by atoms with E-state index in [4.69, 9.17) is 0 Å². The zero-order valence-corrected chi connectivity index (χ0v) is 15.6. The first kappa shape index (κ1) is 18.2. The lowest BCUT2D eigenvalue weighted by molar-refractivity contribution is 0.144. The standard InChI is InChI=1S/C20H32N4O/c1-16(15-24-10-8-23(2)9-11-24)22-20(25)21-14-17-12-19(13-17)18-6-4-3-5-7-18/h3-7,16-17,19H,8-15H2,1-2H3,(H2,21,22,25). The Bertz CT molecular complexity index is 536. The van der Waals surface area contributed by atoms with Gasteiger partial charge in [0.15, 0.2) is 0 Å². The minimum absolute atomic E-state index is 0.0233. The number of likely N-dealkylation sites (N-methyl/N-ethyl adjacent to an activating group) is 1. The zero-order chi connectivity index (χ0) is 17.6. The highest BCUT2D eigenvalue weighted by atomic mass is 16.2. The van der Waals surface area contributed by atoms with Crippen molar-refractivity contribution in [2.45, 2.75) is 31.7 Å². The van der Waals surface area contributed by atoms with Gasteiger partial charge in [0.1, 0.15) is 0 Å². The number of nitrogens with zero attached hydrogens (tertiary/aromatic N) is 2. The normalized spacial score (nSPS) is 25.8. The molecule has 1 atom stereocenters. The lowest BCUT2D eigenvalue weighted by Crippen LogP contribution is -2.51. The van der Waals surface area contributed by atoms with Gasteiger partial charge in [-0.2, -0.15) is 0 Å². The van der Waals surface area contributed by atoms with Gasteiger partial charge in [-0.3, -0.25) is 4.90 Å². The number of nitrogens with one attached hydrogen (secondary N) is 2. The van der Waals surface area contributed by atoms with E-state index in [1.54, 1.807) is 0 Å². The van der Waals surface area contributed by atoms with E-state index in [1.165, 1.54) is 18.4 Å². The Kier molecular flexibility index (Phi) is 6.32. The van der Waals surface area contributed by atoms with Crippen LogP contribution in [0.4, 0.5) is 4.79 Å². The molecule has 2 N–H and O–H groups in total. The minimum Gasteiger partial charge on any atom is -0.338 e. The van der Waals surface area contributed by atoms with Gasteiger partial charge in [0.05, 0.1) is 0 Å². The third-order valence-electron chi connectivity index (χ3n) is 5.56. The molecule has 25 heavy (non-hydrogen) atoms. The van der Waals surface area contributed by atoms with E-state index in [2.05, 4.69) is 64.7 Å². The third-order valence-corrected chi connectivity index (χ3v) is 5.56. The second-order valence-corrected chi connectivity index (χ2v) is 7.80. The minimum atomic E-state index is -0.0233. The van der Waals surface area contributed by atoms with Crippen LogP contribution in [0, 0.1) is 5.92 Å². The molecular formula is C20H32N4O. The van der Waals surface area contributed by atoms with Crippen molar-refractivity contribution in [1.82, 2.24) is 20.4 Å². The van der Waals surface area contributed by atoms with Gasteiger partial charge in [0, 0.05) is 45.3 Å². The average Bonchev–Trinajstić information content (AvgIpc) is 2.56. The van der Waals surface area contributed by atoms with E-state index in [1.807, 2.05) is 0 Å². The van der Waals surface area contributed by atoms with E-state index in [0.717, 1.165) is 39.3 Å². The van der Waals surface area contributed by atoms with Gasteiger partial charge in [-0.15, -0.1) is 0 Å². The molecule has 0 bridgehead atoms. The van der Waals surface area contributed by atoms with Crippen LogP contribution in [0.3, 0.4) is 0 Å². The highest BCUT2D eigenvalue weighted by Crippen LogP contribution is 2.40. The van der Waals surface area contributed by atoms with Crippen molar-refractivity contribution < 1.29 is 4.79 Å². The van der Waals surface area contributed by atoms with Crippen LogP contribution >= 0.6 is 0 Å². The zero-order valence-electron chi connectivity index (χ0n) is 15.6. The van der Waals surface area contributed by atoms with Crippen molar-refractivity contribution in [3.05, 3.63) is 35.9 Å². The summed E-state index contributed by atoms with van der Waals surface area (Å²) in [6, 6.07) is 10.9. The van der Waals surface area contributed by atoms with Gasteiger partial charge in [-0.1, -0.05) is 30.3 Å².